The molecular weight excluding hydrogens is 398 g/mol. The second-order valence-electron chi connectivity index (χ2n) is 3.77. The molecule has 0 N–H and O–H groups in total. The first kappa shape index (κ1) is 14.7. The normalized spacial score (nSPS) is 10.7. The van der Waals surface area contributed by atoms with Crippen LogP contribution in [0.3, 0.4) is 0 Å². The van der Waals surface area contributed by atoms with Gasteiger partial charge in [-0.2, -0.15) is 0 Å². The fourth-order valence-corrected chi connectivity index (χ4v) is 3.53. The van der Waals surface area contributed by atoms with E-state index < -0.39 is 5.97 Å². The lowest BCUT2D eigenvalue weighted by Gasteiger charge is -1.96. The van der Waals surface area contributed by atoms with E-state index in [1.807, 2.05) is 13.0 Å². The summed E-state index contributed by atoms with van der Waals surface area (Å²) in [7, 11) is 1.33. The number of aromatic nitrogens is 1. The monoisotopic (exact) mass is 407 g/mol. The molecule has 102 valence electrons. The smallest absolute Gasteiger partial charge is 0.376 e. The Bertz CT molecular complexity index is 587. The molecule has 0 fully saturated rings. The number of halogens is 2. The van der Waals surface area contributed by atoms with Gasteiger partial charge in [-0.1, -0.05) is 13.3 Å². The second kappa shape index (κ2) is 6.19. The highest BCUT2D eigenvalue weighted by Gasteiger charge is 2.22. The number of hydrogen-bond donors (Lipinski definition) is 0. The molecule has 0 radical (unpaired) electrons. The van der Waals surface area contributed by atoms with Gasteiger partial charge in [-0.25, -0.2) is 9.78 Å². The Hall–Kier alpha value is -0.660. The molecule has 0 aromatic carbocycles. The van der Waals surface area contributed by atoms with Gasteiger partial charge in [0.05, 0.1) is 21.5 Å². The van der Waals surface area contributed by atoms with Gasteiger partial charge < -0.3 is 9.15 Å². The number of hydrogen-bond acceptors (Lipinski definition) is 5. The predicted octanol–water partition coefficient (Wildman–Crippen LogP) is 4.67. The quantitative estimate of drug-likeness (QED) is 0.690. The minimum atomic E-state index is -0.489. The molecular formula is C12H11Br2NO3S. The Morgan fingerprint density at radius 3 is 2.79 bits per heavy atom. The summed E-state index contributed by atoms with van der Waals surface area (Å²) in [6.07, 6.45) is 1.56. The highest BCUT2D eigenvalue weighted by molar-refractivity contribution is 9.13. The van der Waals surface area contributed by atoms with Crippen LogP contribution < -0.4 is 0 Å². The van der Waals surface area contributed by atoms with Crippen LogP contribution in [-0.2, 0) is 11.2 Å². The highest BCUT2D eigenvalue weighted by Crippen LogP contribution is 2.38. The fraction of sp³-hybridized carbons (Fsp3) is 0.333. The Balaban J connectivity index is 2.44. The molecule has 2 heterocycles. The Morgan fingerprint density at radius 1 is 1.53 bits per heavy atom. The third kappa shape index (κ3) is 3.09. The number of esters is 1. The van der Waals surface area contributed by atoms with Crippen LogP contribution in [0.5, 0.6) is 0 Å². The first-order valence-corrected chi connectivity index (χ1v) is 8.00. The average Bonchev–Trinajstić information content (AvgIpc) is 2.94. The zero-order chi connectivity index (χ0) is 14.0. The summed E-state index contributed by atoms with van der Waals surface area (Å²) in [4.78, 5) is 16.9. The maximum absolute atomic E-state index is 11.7. The van der Waals surface area contributed by atoms with Crippen molar-refractivity contribution in [1.82, 2.24) is 4.98 Å². The molecule has 0 saturated carbocycles. The maximum Gasteiger partial charge on any atom is 0.376 e. The molecule has 0 unspecified atom stereocenters. The fourth-order valence-electron chi connectivity index (χ4n) is 1.57. The predicted molar refractivity (Wildman–Crippen MR) is 80.6 cm³/mol. The van der Waals surface area contributed by atoms with Crippen molar-refractivity contribution in [3.63, 3.8) is 0 Å². The lowest BCUT2D eigenvalue weighted by molar-refractivity contribution is 0.0564. The molecule has 19 heavy (non-hydrogen) atoms. The zero-order valence-electron chi connectivity index (χ0n) is 10.3. The molecule has 2 rings (SSSR count). The van der Waals surface area contributed by atoms with Gasteiger partial charge in [0.2, 0.25) is 11.7 Å². The van der Waals surface area contributed by atoms with E-state index in [2.05, 4.69) is 36.8 Å². The number of oxazole rings is 1. The van der Waals surface area contributed by atoms with Crippen LogP contribution in [-0.4, -0.2) is 18.1 Å². The molecule has 0 bridgehead atoms. The van der Waals surface area contributed by atoms with Crippen LogP contribution in [0, 0.1) is 0 Å². The summed E-state index contributed by atoms with van der Waals surface area (Å²) < 4.78 is 12.2. The van der Waals surface area contributed by atoms with E-state index in [9.17, 15) is 4.79 Å². The van der Waals surface area contributed by atoms with E-state index in [0.717, 1.165) is 19.6 Å². The Morgan fingerprint density at radius 2 is 2.26 bits per heavy atom. The summed E-state index contributed by atoms with van der Waals surface area (Å²) in [5.41, 5.74) is 0.644. The molecule has 0 saturated heterocycles. The molecule has 0 spiro atoms. The van der Waals surface area contributed by atoms with Gasteiger partial charge in [0, 0.05) is 4.47 Å². The minimum absolute atomic E-state index is 0.194. The molecule has 2 aromatic rings. The molecule has 0 aliphatic carbocycles. The summed E-state index contributed by atoms with van der Waals surface area (Å²) in [6.45, 7) is 2.02. The Kier molecular flexibility index (Phi) is 4.81. The summed E-state index contributed by atoms with van der Waals surface area (Å²) in [5, 5.41) is 0. The third-order valence-electron chi connectivity index (χ3n) is 2.41. The van der Waals surface area contributed by atoms with Crippen molar-refractivity contribution >= 4 is 49.2 Å². The number of rotatable bonds is 4. The summed E-state index contributed by atoms with van der Waals surface area (Å²) >= 11 is 8.33. The summed E-state index contributed by atoms with van der Waals surface area (Å²) in [5.74, 6) is 0.150. The lowest BCUT2D eigenvalue weighted by Crippen LogP contribution is -2.03. The van der Waals surface area contributed by atoms with E-state index in [1.54, 1.807) is 0 Å². The first-order valence-electron chi connectivity index (χ1n) is 5.60. The largest absolute Gasteiger partial charge is 0.463 e. The number of methoxy groups -OCH3 is 1. The topological polar surface area (TPSA) is 52.3 Å². The van der Waals surface area contributed by atoms with Gasteiger partial charge in [-0.15, -0.1) is 11.3 Å². The molecule has 0 atom stereocenters. The van der Waals surface area contributed by atoms with E-state index >= 15 is 0 Å². The van der Waals surface area contributed by atoms with Crippen molar-refractivity contribution in [2.45, 2.75) is 19.8 Å². The third-order valence-corrected chi connectivity index (χ3v) is 5.66. The van der Waals surface area contributed by atoms with E-state index in [-0.39, 0.29) is 5.76 Å². The zero-order valence-corrected chi connectivity index (χ0v) is 14.3. The van der Waals surface area contributed by atoms with Crippen molar-refractivity contribution in [2.75, 3.05) is 7.11 Å². The van der Waals surface area contributed by atoms with Crippen LogP contribution in [0.4, 0.5) is 0 Å². The highest BCUT2D eigenvalue weighted by atomic mass is 79.9. The van der Waals surface area contributed by atoms with Gasteiger partial charge in [0.1, 0.15) is 0 Å². The molecule has 4 nitrogen and oxygen atoms in total. The van der Waals surface area contributed by atoms with Crippen LogP contribution in [0.1, 0.15) is 29.6 Å². The molecule has 7 heteroatoms. The Labute approximate surface area is 131 Å². The van der Waals surface area contributed by atoms with Gasteiger partial charge >= 0.3 is 5.97 Å². The van der Waals surface area contributed by atoms with Crippen LogP contribution in [0.15, 0.2) is 18.7 Å². The van der Waals surface area contributed by atoms with Crippen LogP contribution in [0.2, 0.25) is 0 Å². The van der Waals surface area contributed by atoms with Gasteiger partial charge in [-0.05, 0) is 44.3 Å². The number of ether oxygens (including phenoxy) is 1. The second-order valence-corrected chi connectivity index (χ2v) is 6.99. The lowest BCUT2D eigenvalue weighted by atomic mass is 10.2. The van der Waals surface area contributed by atoms with Gasteiger partial charge in [0.25, 0.3) is 0 Å². The van der Waals surface area contributed by atoms with Crippen molar-refractivity contribution in [3.05, 3.63) is 25.8 Å². The van der Waals surface area contributed by atoms with E-state index in [0.29, 0.717) is 18.0 Å². The molecule has 2 aromatic heterocycles. The van der Waals surface area contributed by atoms with Crippen molar-refractivity contribution in [2.24, 2.45) is 0 Å². The molecule has 0 aliphatic heterocycles. The van der Waals surface area contributed by atoms with Crippen LogP contribution >= 0.6 is 43.2 Å². The number of thiophene rings is 1. The summed E-state index contributed by atoms with van der Waals surface area (Å²) in [6, 6.07) is 1.90. The number of carbonyl (C=O) groups excluding carboxylic acids is 1. The van der Waals surface area contributed by atoms with Crippen molar-refractivity contribution in [3.8, 4) is 10.8 Å². The maximum atomic E-state index is 11.7. The average molecular weight is 409 g/mol. The molecule has 0 aliphatic rings. The molecule has 0 amide bonds. The van der Waals surface area contributed by atoms with E-state index in [1.165, 1.54) is 18.4 Å². The first-order chi connectivity index (χ1) is 9.06. The standard InChI is InChI=1S/C12H11Br2NO3S/c1-3-4-7-9(12(16)17-2)18-11(15-7)8-5-6(13)10(14)19-8/h5H,3-4H2,1-2H3. The minimum Gasteiger partial charge on any atom is -0.463 e. The van der Waals surface area contributed by atoms with Gasteiger partial charge in [-0.3, -0.25) is 0 Å². The number of aryl methyl sites for hydroxylation is 1. The van der Waals surface area contributed by atoms with Crippen LogP contribution in [0.25, 0.3) is 10.8 Å². The number of nitrogens with zero attached hydrogens (tertiary/aromatic N) is 1. The van der Waals surface area contributed by atoms with Crippen molar-refractivity contribution in [1.29, 1.82) is 0 Å². The SMILES string of the molecule is CCCc1nc(-c2cc(Br)c(Br)s2)oc1C(=O)OC. The van der Waals surface area contributed by atoms with Gasteiger partial charge in [0.15, 0.2) is 0 Å². The van der Waals surface area contributed by atoms with E-state index in [4.69, 9.17) is 9.15 Å². The number of carbonyl (C=O) groups is 1. The van der Waals surface area contributed by atoms with Crippen molar-refractivity contribution < 1.29 is 13.9 Å².